The van der Waals surface area contributed by atoms with Crippen LogP contribution in [0.15, 0.2) is 18.3 Å². The average molecular weight is 221 g/mol. The normalized spacial score (nSPS) is 15.1. The molecule has 1 heterocycles. The number of nitrogens with one attached hydrogen (secondary N) is 2. The number of pyridine rings is 1. The third kappa shape index (κ3) is 3.79. The van der Waals surface area contributed by atoms with E-state index in [1.807, 2.05) is 12.3 Å². The quantitative estimate of drug-likeness (QED) is 0.683. The molecule has 88 valence electrons. The lowest BCUT2D eigenvalue weighted by Crippen LogP contribution is -2.16. The Kier molecular flexibility index (Phi) is 4.13. The molecule has 2 rings (SSSR count). The highest BCUT2D eigenvalue weighted by Crippen LogP contribution is 2.19. The first-order valence-electron chi connectivity index (χ1n) is 5.79. The highest BCUT2D eigenvalue weighted by atomic mass is 16.5. The summed E-state index contributed by atoms with van der Waals surface area (Å²) in [6, 6.07) is 4.80. The first-order valence-corrected chi connectivity index (χ1v) is 5.79. The molecule has 0 unspecified atom stereocenters. The Bertz CT molecular complexity index is 326. The Morgan fingerprint density at radius 3 is 3.12 bits per heavy atom. The fourth-order valence-electron chi connectivity index (χ4n) is 1.52. The van der Waals surface area contributed by atoms with Crippen LogP contribution in [0.1, 0.15) is 18.5 Å². The smallest absolute Gasteiger partial charge is 0.0635 e. The van der Waals surface area contributed by atoms with Gasteiger partial charge in [-0.15, -0.1) is 0 Å². The van der Waals surface area contributed by atoms with E-state index in [4.69, 9.17) is 4.74 Å². The first kappa shape index (κ1) is 11.4. The maximum atomic E-state index is 4.99. The van der Waals surface area contributed by atoms with E-state index in [9.17, 15) is 0 Å². The summed E-state index contributed by atoms with van der Waals surface area (Å²) in [4.78, 5) is 4.33. The minimum absolute atomic E-state index is 0.720. The van der Waals surface area contributed by atoms with Gasteiger partial charge in [-0.2, -0.15) is 0 Å². The predicted octanol–water partition coefficient (Wildman–Crippen LogP) is 1.39. The summed E-state index contributed by atoms with van der Waals surface area (Å²) in [5, 5.41) is 6.75. The third-order valence-corrected chi connectivity index (χ3v) is 2.60. The van der Waals surface area contributed by atoms with Crippen molar-refractivity contribution in [1.82, 2.24) is 10.3 Å². The van der Waals surface area contributed by atoms with E-state index in [1.54, 1.807) is 7.11 Å². The van der Waals surface area contributed by atoms with Crippen molar-refractivity contribution in [2.45, 2.75) is 25.4 Å². The van der Waals surface area contributed by atoms with Gasteiger partial charge in [0, 0.05) is 38.1 Å². The minimum atomic E-state index is 0.720. The molecule has 0 bridgehead atoms. The zero-order chi connectivity index (χ0) is 11.2. The summed E-state index contributed by atoms with van der Waals surface area (Å²) in [7, 11) is 1.71. The van der Waals surface area contributed by atoms with Gasteiger partial charge in [-0.3, -0.25) is 4.98 Å². The second kappa shape index (κ2) is 5.82. The summed E-state index contributed by atoms with van der Waals surface area (Å²) in [6.45, 7) is 2.42. The monoisotopic (exact) mass is 221 g/mol. The van der Waals surface area contributed by atoms with Crippen molar-refractivity contribution in [3.8, 4) is 0 Å². The van der Waals surface area contributed by atoms with Gasteiger partial charge in [-0.1, -0.05) is 0 Å². The highest BCUT2D eigenvalue weighted by Gasteiger charge is 2.20. The first-order chi connectivity index (χ1) is 7.88. The molecule has 1 saturated carbocycles. The molecule has 0 radical (unpaired) electrons. The number of anilines is 1. The molecule has 0 atom stereocenters. The van der Waals surface area contributed by atoms with E-state index in [-0.39, 0.29) is 0 Å². The fraction of sp³-hybridized carbons (Fsp3) is 0.583. The van der Waals surface area contributed by atoms with Gasteiger partial charge in [0.2, 0.25) is 0 Å². The number of ether oxygens (including phenoxy) is 1. The number of hydrogen-bond donors (Lipinski definition) is 2. The molecule has 16 heavy (non-hydrogen) atoms. The highest BCUT2D eigenvalue weighted by molar-refractivity contribution is 5.43. The Hall–Kier alpha value is -1.13. The van der Waals surface area contributed by atoms with Crippen LogP contribution in [0.25, 0.3) is 0 Å². The van der Waals surface area contributed by atoms with Crippen LogP contribution in [-0.4, -0.2) is 31.3 Å². The fourth-order valence-corrected chi connectivity index (χ4v) is 1.52. The molecular weight excluding hydrogens is 202 g/mol. The molecular formula is C12H19N3O. The van der Waals surface area contributed by atoms with Gasteiger partial charge in [0.15, 0.2) is 0 Å². The van der Waals surface area contributed by atoms with E-state index in [2.05, 4.69) is 21.7 Å². The maximum Gasteiger partial charge on any atom is 0.0635 e. The average Bonchev–Trinajstić information content (AvgIpc) is 3.11. The van der Waals surface area contributed by atoms with Crippen molar-refractivity contribution >= 4 is 5.69 Å². The summed E-state index contributed by atoms with van der Waals surface area (Å²) in [5.41, 5.74) is 2.20. The van der Waals surface area contributed by atoms with Crippen LogP contribution in [0.5, 0.6) is 0 Å². The number of rotatable bonds is 7. The Labute approximate surface area is 96.4 Å². The molecule has 0 saturated heterocycles. The van der Waals surface area contributed by atoms with Gasteiger partial charge in [0.1, 0.15) is 0 Å². The van der Waals surface area contributed by atoms with E-state index < -0.39 is 0 Å². The zero-order valence-corrected chi connectivity index (χ0v) is 9.70. The summed E-state index contributed by atoms with van der Waals surface area (Å²) < 4.78 is 4.99. The van der Waals surface area contributed by atoms with E-state index in [0.29, 0.717) is 0 Å². The molecule has 0 aliphatic heterocycles. The third-order valence-electron chi connectivity index (χ3n) is 2.60. The molecule has 1 aromatic heterocycles. The Balaban J connectivity index is 1.80. The molecule has 4 nitrogen and oxygen atoms in total. The Morgan fingerprint density at radius 1 is 1.50 bits per heavy atom. The van der Waals surface area contributed by atoms with Crippen LogP contribution >= 0.6 is 0 Å². The van der Waals surface area contributed by atoms with Gasteiger partial charge in [0.25, 0.3) is 0 Å². The molecule has 1 aromatic rings. The largest absolute Gasteiger partial charge is 0.383 e. The SMILES string of the molecule is COCCNc1ccnc(CNC2CC2)c1. The maximum absolute atomic E-state index is 4.99. The molecule has 1 fully saturated rings. The standard InChI is InChI=1S/C12H19N3O/c1-16-7-6-14-11-4-5-13-12(8-11)9-15-10-2-3-10/h4-5,8,10,15H,2-3,6-7,9H2,1H3,(H,13,14). The van der Waals surface area contributed by atoms with Crippen molar-refractivity contribution in [3.05, 3.63) is 24.0 Å². The molecule has 0 spiro atoms. The molecule has 0 aromatic carbocycles. The molecule has 1 aliphatic carbocycles. The molecule has 2 N–H and O–H groups in total. The van der Waals surface area contributed by atoms with Crippen molar-refractivity contribution in [3.63, 3.8) is 0 Å². The Morgan fingerprint density at radius 2 is 2.38 bits per heavy atom. The van der Waals surface area contributed by atoms with Crippen LogP contribution in [0.2, 0.25) is 0 Å². The van der Waals surface area contributed by atoms with E-state index in [0.717, 1.165) is 37.1 Å². The van der Waals surface area contributed by atoms with Gasteiger partial charge >= 0.3 is 0 Å². The van der Waals surface area contributed by atoms with Gasteiger partial charge in [-0.05, 0) is 25.0 Å². The van der Waals surface area contributed by atoms with Crippen LogP contribution < -0.4 is 10.6 Å². The van der Waals surface area contributed by atoms with Crippen LogP contribution in [0.4, 0.5) is 5.69 Å². The van der Waals surface area contributed by atoms with Crippen molar-refractivity contribution in [1.29, 1.82) is 0 Å². The molecule has 0 amide bonds. The summed E-state index contributed by atoms with van der Waals surface area (Å²) in [6.07, 6.45) is 4.47. The topological polar surface area (TPSA) is 46.2 Å². The van der Waals surface area contributed by atoms with Gasteiger partial charge in [0.05, 0.1) is 12.3 Å². The van der Waals surface area contributed by atoms with Crippen LogP contribution in [0.3, 0.4) is 0 Å². The lowest BCUT2D eigenvalue weighted by atomic mass is 10.3. The van der Waals surface area contributed by atoms with E-state index >= 15 is 0 Å². The lowest BCUT2D eigenvalue weighted by Gasteiger charge is -2.07. The zero-order valence-electron chi connectivity index (χ0n) is 9.70. The molecule has 4 heteroatoms. The van der Waals surface area contributed by atoms with Gasteiger partial charge in [-0.25, -0.2) is 0 Å². The predicted molar refractivity (Wildman–Crippen MR) is 64.5 cm³/mol. The van der Waals surface area contributed by atoms with Crippen LogP contribution in [0, 0.1) is 0 Å². The van der Waals surface area contributed by atoms with E-state index in [1.165, 1.54) is 12.8 Å². The van der Waals surface area contributed by atoms with Crippen molar-refractivity contribution < 1.29 is 4.74 Å². The summed E-state index contributed by atoms with van der Waals surface area (Å²) >= 11 is 0. The lowest BCUT2D eigenvalue weighted by molar-refractivity contribution is 0.211. The second-order valence-corrected chi connectivity index (χ2v) is 4.11. The number of aromatic nitrogens is 1. The van der Waals surface area contributed by atoms with Crippen molar-refractivity contribution in [2.75, 3.05) is 25.6 Å². The number of nitrogens with zero attached hydrogens (tertiary/aromatic N) is 1. The minimum Gasteiger partial charge on any atom is -0.383 e. The van der Waals surface area contributed by atoms with Gasteiger partial charge < -0.3 is 15.4 Å². The number of hydrogen-bond acceptors (Lipinski definition) is 4. The number of methoxy groups -OCH3 is 1. The van der Waals surface area contributed by atoms with Crippen LogP contribution in [-0.2, 0) is 11.3 Å². The summed E-state index contributed by atoms with van der Waals surface area (Å²) in [5.74, 6) is 0. The van der Waals surface area contributed by atoms with Crippen molar-refractivity contribution in [2.24, 2.45) is 0 Å². The second-order valence-electron chi connectivity index (χ2n) is 4.11. The molecule has 1 aliphatic rings.